The zero-order chi connectivity index (χ0) is 17.6. The van der Waals surface area contributed by atoms with Crippen LogP contribution in [0.5, 0.6) is 0 Å². The summed E-state index contributed by atoms with van der Waals surface area (Å²) >= 11 is 1.75. The van der Waals surface area contributed by atoms with E-state index in [0.717, 1.165) is 37.5 Å². The first-order valence-corrected chi connectivity index (χ1v) is 10.4. The molecule has 0 bridgehead atoms. The number of likely N-dealkylation sites (tertiary alicyclic amines) is 2. The average Bonchev–Trinajstić information content (AvgIpc) is 3.28. The number of hydrogen-bond donors (Lipinski definition) is 1. The van der Waals surface area contributed by atoms with Crippen LogP contribution in [-0.4, -0.2) is 79.8 Å². The van der Waals surface area contributed by atoms with Crippen LogP contribution in [0.4, 0.5) is 0 Å². The number of aliphatic hydroxyl groups excluding tert-OH is 1. The normalized spacial score (nSPS) is 21.8. The van der Waals surface area contributed by atoms with Gasteiger partial charge in [-0.25, -0.2) is 0 Å². The molecule has 1 unspecified atom stereocenters. The summed E-state index contributed by atoms with van der Waals surface area (Å²) in [6.45, 7) is 4.98. The highest BCUT2D eigenvalue weighted by molar-refractivity contribution is 7.99. The first-order valence-electron chi connectivity index (χ1n) is 9.26. The van der Waals surface area contributed by atoms with Crippen molar-refractivity contribution in [1.82, 2.24) is 24.6 Å². The number of aliphatic hydroxyl groups is 1. The van der Waals surface area contributed by atoms with Gasteiger partial charge < -0.3 is 19.5 Å². The van der Waals surface area contributed by atoms with Gasteiger partial charge in [-0.05, 0) is 38.8 Å². The largest absolute Gasteiger partial charge is 0.388 e. The molecule has 1 aromatic rings. The third-order valence-corrected chi connectivity index (χ3v) is 6.18. The molecule has 2 aliphatic rings. The van der Waals surface area contributed by atoms with E-state index in [-0.39, 0.29) is 18.4 Å². The summed E-state index contributed by atoms with van der Waals surface area (Å²) in [6, 6.07) is 0. The lowest BCUT2D eigenvalue weighted by Crippen LogP contribution is -2.40. The van der Waals surface area contributed by atoms with Crippen LogP contribution in [0.15, 0.2) is 0 Å². The van der Waals surface area contributed by atoms with E-state index in [1.165, 1.54) is 25.9 Å². The van der Waals surface area contributed by atoms with Crippen LogP contribution in [-0.2, 0) is 18.4 Å². The van der Waals surface area contributed by atoms with Crippen LogP contribution in [0.25, 0.3) is 0 Å². The molecule has 0 radical (unpaired) electrons. The standard InChI is InChI=1S/C17H29N5O2S/c1-20-15(12-23)18-19-17(20)14-5-4-8-22(11-14)16(24)13-25-10-9-21-6-2-3-7-21/h14,23H,2-13H2,1H3. The zero-order valence-electron chi connectivity index (χ0n) is 15.1. The van der Waals surface area contributed by atoms with Crippen molar-refractivity contribution in [2.24, 2.45) is 7.05 Å². The lowest BCUT2D eigenvalue weighted by molar-refractivity contribution is -0.129. The van der Waals surface area contributed by atoms with E-state index in [1.807, 2.05) is 16.5 Å². The summed E-state index contributed by atoms with van der Waals surface area (Å²) in [5, 5.41) is 17.5. The molecule has 7 nitrogen and oxygen atoms in total. The lowest BCUT2D eigenvalue weighted by Gasteiger charge is -2.32. The van der Waals surface area contributed by atoms with E-state index in [0.29, 0.717) is 18.1 Å². The third kappa shape index (κ3) is 4.74. The smallest absolute Gasteiger partial charge is 0.232 e. The van der Waals surface area contributed by atoms with E-state index < -0.39 is 0 Å². The number of aromatic nitrogens is 3. The Kier molecular flexibility index (Phi) is 6.72. The SMILES string of the molecule is Cn1c(CO)nnc1C1CCCN(C(=O)CSCCN2CCCC2)C1. The number of amides is 1. The summed E-state index contributed by atoms with van der Waals surface area (Å²) in [5.41, 5.74) is 0. The molecule has 8 heteroatoms. The van der Waals surface area contributed by atoms with Gasteiger partial charge >= 0.3 is 0 Å². The number of rotatable bonds is 7. The molecule has 1 atom stereocenters. The van der Waals surface area contributed by atoms with Gasteiger partial charge in [-0.15, -0.1) is 10.2 Å². The third-order valence-electron chi connectivity index (χ3n) is 5.26. The minimum Gasteiger partial charge on any atom is -0.388 e. The van der Waals surface area contributed by atoms with Crippen molar-refractivity contribution >= 4 is 17.7 Å². The fourth-order valence-electron chi connectivity index (χ4n) is 3.73. The topological polar surface area (TPSA) is 74.5 Å². The Morgan fingerprint density at radius 1 is 1.24 bits per heavy atom. The van der Waals surface area contributed by atoms with Crippen LogP contribution in [0, 0.1) is 0 Å². The Balaban J connectivity index is 1.45. The number of carbonyl (C=O) groups is 1. The number of carbonyl (C=O) groups excluding carboxylic acids is 1. The molecule has 3 heterocycles. The first kappa shape index (κ1) is 18.7. The Hall–Kier alpha value is -1.12. The highest BCUT2D eigenvalue weighted by atomic mass is 32.2. The van der Waals surface area contributed by atoms with E-state index in [2.05, 4.69) is 15.1 Å². The molecule has 0 saturated carbocycles. The van der Waals surface area contributed by atoms with Gasteiger partial charge in [0.25, 0.3) is 0 Å². The van der Waals surface area contributed by atoms with Gasteiger partial charge in [0.1, 0.15) is 12.4 Å². The number of thioether (sulfide) groups is 1. The predicted molar refractivity (Wildman–Crippen MR) is 98.5 cm³/mol. The quantitative estimate of drug-likeness (QED) is 0.720. The number of hydrogen-bond acceptors (Lipinski definition) is 6. The Morgan fingerprint density at radius 3 is 2.76 bits per heavy atom. The highest BCUT2D eigenvalue weighted by Crippen LogP contribution is 2.26. The molecule has 2 aliphatic heterocycles. The van der Waals surface area contributed by atoms with E-state index >= 15 is 0 Å². The minimum absolute atomic E-state index is 0.105. The summed E-state index contributed by atoms with van der Waals surface area (Å²) in [4.78, 5) is 17.0. The van der Waals surface area contributed by atoms with E-state index in [4.69, 9.17) is 0 Å². The molecule has 2 saturated heterocycles. The van der Waals surface area contributed by atoms with Crippen LogP contribution in [0.1, 0.15) is 43.3 Å². The van der Waals surface area contributed by atoms with Gasteiger partial charge in [-0.1, -0.05) is 0 Å². The summed E-state index contributed by atoms with van der Waals surface area (Å²) in [7, 11) is 1.88. The fraction of sp³-hybridized carbons (Fsp3) is 0.824. The van der Waals surface area contributed by atoms with Gasteiger partial charge in [0.2, 0.25) is 5.91 Å². The molecule has 140 valence electrons. The van der Waals surface area contributed by atoms with Gasteiger partial charge in [0.15, 0.2) is 5.82 Å². The molecular weight excluding hydrogens is 338 g/mol. The Morgan fingerprint density at radius 2 is 2.04 bits per heavy atom. The van der Waals surface area contributed by atoms with Gasteiger partial charge in [-0.3, -0.25) is 4.79 Å². The summed E-state index contributed by atoms with van der Waals surface area (Å²) in [6.07, 6.45) is 4.65. The summed E-state index contributed by atoms with van der Waals surface area (Å²) < 4.78 is 1.86. The van der Waals surface area contributed by atoms with Gasteiger partial charge in [-0.2, -0.15) is 11.8 Å². The van der Waals surface area contributed by atoms with Crippen molar-refractivity contribution in [2.75, 3.05) is 44.2 Å². The number of piperidine rings is 1. The first-order chi connectivity index (χ1) is 12.2. The second-order valence-electron chi connectivity index (χ2n) is 6.97. The Bertz CT molecular complexity index is 573. The molecule has 0 aromatic carbocycles. The molecule has 3 rings (SSSR count). The van der Waals surface area contributed by atoms with Crippen molar-refractivity contribution in [1.29, 1.82) is 0 Å². The molecule has 0 aliphatic carbocycles. The zero-order valence-corrected chi connectivity index (χ0v) is 15.9. The van der Waals surface area contributed by atoms with Crippen LogP contribution in [0.3, 0.4) is 0 Å². The second-order valence-corrected chi connectivity index (χ2v) is 8.08. The fourth-order valence-corrected chi connectivity index (χ4v) is 4.62. The summed E-state index contributed by atoms with van der Waals surface area (Å²) in [5.74, 6) is 3.51. The van der Waals surface area contributed by atoms with Crippen molar-refractivity contribution in [3.05, 3.63) is 11.6 Å². The van der Waals surface area contributed by atoms with E-state index in [9.17, 15) is 9.90 Å². The minimum atomic E-state index is -0.105. The van der Waals surface area contributed by atoms with Gasteiger partial charge in [0, 0.05) is 38.4 Å². The average molecular weight is 368 g/mol. The van der Waals surface area contributed by atoms with Crippen molar-refractivity contribution in [3.63, 3.8) is 0 Å². The highest BCUT2D eigenvalue weighted by Gasteiger charge is 2.28. The maximum absolute atomic E-state index is 12.5. The van der Waals surface area contributed by atoms with Crippen LogP contribution >= 0.6 is 11.8 Å². The lowest BCUT2D eigenvalue weighted by atomic mass is 9.97. The van der Waals surface area contributed by atoms with E-state index in [1.54, 1.807) is 11.8 Å². The van der Waals surface area contributed by atoms with Crippen molar-refractivity contribution in [2.45, 2.75) is 38.2 Å². The monoisotopic (exact) mass is 367 g/mol. The Labute approximate surface area is 153 Å². The van der Waals surface area contributed by atoms with Gasteiger partial charge in [0.05, 0.1) is 5.75 Å². The second kappa shape index (κ2) is 9.00. The molecule has 1 N–H and O–H groups in total. The van der Waals surface area contributed by atoms with Crippen LogP contribution in [0.2, 0.25) is 0 Å². The maximum Gasteiger partial charge on any atom is 0.232 e. The molecule has 0 spiro atoms. The molecule has 1 amide bonds. The maximum atomic E-state index is 12.5. The molecule has 2 fully saturated rings. The molecular formula is C17H29N5O2S. The van der Waals surface area contributed by atoms with Crippen molar-refractivity contribution in [3.8, 4) is 0 Å². The molecule has 25 heavy (non-hydrogen) atoms. The van der Waals surface area contributed by atoms with Crippen LogP contribution < -0.4 is 0 Å². The number of nitrogens with zero attached hydrogens (tertiary/aromatic N) is 5. The predicted octanol–water partition coefficient (Wildman–Crippen LogP) is 0.842. The molecule has 1 aromatic heterocycles. The van der Waals surface area contributed by atoms with Crippen molar-refractivity contribution < 1.29 is 9.90 Å².